The Morgan fingerprint density at radius 3 is 3.00 bits per heavy atom. The predicted molar refractivity (Wildman–Crippen MR) is 81.5 cm³/mol. The van der Waals surface area contributed by atoms with Gasteiger partial charge in [0.1, 0.15) is 11.9 Å². The van der Waals surface area contributed by atoms with Gasteiger partial charge in [-0.2, -0.15) is 0 Å². The number of rotatable bonds is 2. The third-order valence-electron chi connectivity index (χ3n) is 5.32. The van der Waals surface area contributed by atoms with E-state index in [2.05, 4.69) is 13.0 Å². The van der Waals surface area contributed by atoms with Gasteiger partial charge in [-0.25, -0.2) is 0 Å². The number of carbonyl (C=O) groups excluding carboxylic acids is 1. The van der Waals surface area contributed by atoms with Crippen LogP contribution in [0.3, 0.4) is 0 Å². The van der Waals surface area contributed by atoms with Crippen LogP contribution in [-0.4, -0.2) is 12.1 Å². The Morgan fingerprint density at radius 2 is 2.29 bits per heavy atom. The fourth-order valence-electron chi connectivity index (χ4n) is 4.23. The Labute approximate surface area is 126 Å². The smallest absolute Gasteiger partial charge is 0.303 e. The van der Waals surface area contributed by atoms with Crippen molar-refractivity contribution in [2.75, 3.05) is 0 Å². The molecule has 3 heteroatoms. The lowest BCUT2D eigenvalue weighted by Crippen LogP contribution is -2.47. The summed E-state index contributed by atoms with van der Waals surface area (Å²) in [6.45, 7) is 3.82. The molecule has 2 fully saturated rings. The second-order valence-corrected chi connectivity index (χ2v) is 6.71. The van der Waals surface area contributed by atoms with E-state index in [-0.39, 0.29) is 17.5 Å². The molecule has 0 spiro atoms. The first-order valence-corrected chi connectivity index (χ1v) is 8.01. The lowest BCUT2D eigenvalue weighted by molar-refractivity contribution is -0.156. The quantitative estimate of drug-likeness (QED) is 0.747. The fraction of sp³-hybridized carbons (Fsp3) is 0.611. The molecule has 0 aromatic carbocycles. The normalized spacial score (nSPS) is 34.5. The van der Waals surface area contributed by atoms with Gasteiger partial charge in [-0.3, -0.25) is 4.79 Å². The molecule has 21 heavy (non-hydrogen) atoms. The van der Waals surface area contributed by atoms with Crippen molar-refractivity contribution in [3.63, 3.8) is 0 Å². The topological polar surface area (TPSA) is 39.4 Å². The summed E-state index contributed by atoms with van der Waals surface area (Å²) in [5.74, 6) is 1.34. The number of carbonyl (C=O) groups is 1. The molecule has 2 aliphatic carbocycles. The number of ether oxygens (including phenoxy) is 1. The van der Waals surface area contributed by atoms with E-state index in [0.29, 0.717) is 5.92 Å². The maximum atomic E-state index is 11.6. The van der Waals surface area contributed by atoms with Crippen LogP contribution in [0.5, 0.6) is 0 Å². The van der Waals surface area contributed by atoms with Crippen LogP contribution in [0.4, 0.5) is 0 Å². The summed E-state index contributed by atoms with van der Waals surface area (Å²) in [6, 6.07) is 3.84. The molecular weight excluding hydrogens is 264 g/mol. The first-order valence-electron chi connectivity index (χ1n) is 8.01. The van der Waals surface area contributed by atoms with E-state index in [1.165, 1.54) is 38.2 Å². The van der Waals surface area contributed by atoms with Crippen molar-refractivity contribution >= 4 is 12.0 Å². The minimum absolute atomic E-state index is 0.0839. The van der Waals surface area contributed by atoms with Crippen LogP contribution in [0.1, 0.15) is 58.1 Å². The number of furan rings is 1. The van der Waals surface area contributed by atoms with Crippen LogP contribution >= 0.6 is 0 Å². The molecule has 0 N–H and O–H groups in total. The molecule has 0 bridgehead atoms. The second kappa shape index (κ2) is 5.70. The minimum atomic E-state index is -0.183. The molecule has 0 amide bonds. The van der Waals surface area contributed by atoms with Crippen molar-refractivity contribution in [1.82, 2.24) is 0 Å². The summed E-state index contributed by atoms with van der Waals surface area (Å²) in [5, 5.41) is 0. The lowest BCUT2D eigenvalue weighted by atomic mass is 9.57. The molecule has 3 unspecified atom stereocenters. The zero-order chi connectivity index (χ0) is 14.9. The first kappa shape index (κ1) is 14.4. The van der Waals surface area contributed by atoms with E-state index in [1.54, 1.807) is 6.26 Å². The Kier molecular flexibility index (Phi) is 3.92. The summed E-state index contributed by atoms with van der Waals surface area (Å²) in [5.41, 5.74) is 1.29. The molecule has 0 aliphatic heterocycles. The molecule has 3 rings (SSSR count). The van der Waals surface area contributed by atoms with Gasteiger partial charge in [-0.1, -0.05) is 19.8 Å². The van der Waals surface area contributed by atoms with Gasteiger partial charge in [0.05, 0.1) is 6.26 Å². The first-order chi connectivity index (χ1) is 10.1. The predicted octanol–water partition coefficient (Wildman–Crippen LogP) is 4.59. The average molecular weight is 288 g/mol. The summed E-state index contributed by atoms with van der Waals surface area (Å²) in [6.07, 6.45) is 10.8. The Balaban J connectivity index is 1.94. The van der Waals surface area contributed by atoms with Gasteiger partial charge < -0.3 is 9.15 Å². The van der Waals surface area contributed by atoms with Gasteiger partial charge in [0, 0.05) is 12.3 Å². The van der Waals surface area contributed by atoms with Crippen LogP contribution in [0.15, 0.2) is 28.4 Å². The van der Waals surface area contributed by atoms with Crippen molar-refractivity contribution in [3.05, 3.63) is 29.7 Å². The van der Waals surface area contributed by atoms with E-state index in [4.69, 9.17) is 9.15 Å². The molecule has 1 aromatic heterocycles. The summed E-state index contributed by atoms with van der Waals surface area (Å²) in [4.78, 5) is 11.6. The number of hydrogen-bond acceptors (Lipinski definition) is 3. The SMILES string of the molecule is CC(=O)OC1/C(=C/c2ccco2)CCC2CCCCC21C. The van der Waals surface area contributed by atoms with Gasteiger partial charge >= 0.3 is 5.97 Å². The van der Waals surface area contributed by atoms with Crippen molar-refractivity contribution in [2.24, 2.45) is 11.3 Å². The highest BCUT2D eigenvalue weighted by atomic mass is 16.5. The lowest BCUT2D eigenvalue weighted by Gasteiger charge is -2.50. The van der Waals surface area contributed by atoms with E-state index in [9.17, 15) is 4.79 Å². The van der Waals surface area contributed by atoms with Crippen molar-refractivity contribution < 1.29 is 13.9 Å². The second-order valence-electron chi connectivity index (χ2n) is 6.71. The average Bonchev–Trinajstić information content (AvgIpc) is 2.94. The Bertz CT molecular complexity index is 529. The van der Waals surface area contributed by atoms with Crippen LogP contribution in [-0.2, 0) is 9.53 Å². The molecule has 2 saturated carbocycles. The summed E-state index contributed by atoms with van der Waals surface area (Å²) >= 11 is 0. The molecule has 3 atom stereocenters. The third-order valence-corrected chi connectivity index (χ3v) is 5.32. The van der Waals surface area contributed by atoms with Gasteiger partial charge in [-0.15, -0.1) is 0 Å². The highest BCUT2D eigenvalue weighted by Gasteiger charge is 2.48. The molecule has 0 saturated heterocycles. The van der Waals surface area contributed by atoms with E-state index in [1.807, 2.05) is 12.1 Å². The third kappa shape index (κ3) is 2.78. The standard InChI is InChI=1S/C18H24O3/c1-13(19)21-17-14(12-16-7-5-11-20-16)8-9-15-6-3-4-10-18(15,17)2/h5,7,11-12,15,17H,3-4,6,8-10H2,1-2H3/b14-12+. The van der Waals surface area contributed by atoms with Crippen molar-refractivity contribution in [3.8, 4) is 0 Å². The highest BCUT2D eigenvalue weighted by Crippen LogP contribution is 2.53. The van der Waals surface area contributed by atoms with Crippen LogP contribution < -0.4 is 0 Å². The van der Waals surface area contributed by atoms with Crippen LogP contribution in [0, 0.1) is 11.3 Å². The van der Waals surface area contributed by atoms with Crippen LogP contribution in [0.2, 0.25) is 0 Å². The van der Waals surface area contributed by atoms with Crippen LogP contribution in [0.25, 0.3) is 6.08 Å². The monoisotopic (exact) mass is 288 g/mol. The molecule has 2 aliphatic rings. The molecule has 1 heterocycles. The largest absolute Gasteiger partial charge is 0.465 e. The summed E-state index contributed by atoms with van der Waals surface area (Å²) in [7, 11) is 0. The highest BCUT2D eigenvalue weighted by molar-refractivity contribution is 5.67. The summed E-state index contributed by atoms with van der Waals surface area (Å²) < 4.78 is 11.2. The van der Waals surface area contributed by atoms with E-state index >= 15 is 0 Å². The molecule has 114 valence electrons. The number of hydrogen-bond donors (Lipinski definition) is 0. The molecular formula is C18H24O3. The number of esters is 1. The van der Waals surface area contributed by atoms with E-state index < -0.39 is 0 Å². The Hall–Kier alpha value is -1.51. The zero-order valence-electron chi connectivity index (χ0n) is 12.9. The maximum absolute atomic E-state index is 11.6. The van der Waals surface area contributed by atoms with Crippen molar-refractivity contribution in [1.29, 1.82) is 0 Å². The zero-order valence-corrected chi connectivity index (χ0v) is 12.9. The number of fused-ring (bicyclic) bond motifs is 1. The maximum Gasteiger partial charge on any atom is 0.303 e. The molecule has 3 nitrogen and oxygen atoms in total. The van der Waals surface area contributed by atoms with Gasteiger partial charge in [0.2, 0.25) is 0 Å². The van der Waals surface area contributed by atoms with Crippen molar-refractivity contribution in [2.45, 2.75) is 58.5 Å². The molecule has 1 aromatic rings. The fourth-order valence-corrected chi connectivity index (χ4v) is 4.23. The van der Waals surface area contributed by atoms with Gasteiger partial charge in [0.25, 0.3) is 0 Å². The van der Waals surface area contributed by atoms with Gasteiger partial charge in [0.15, 0.2) is 0 Å². The molecule has 0 radical (unpaired) electrons. The van der Waals surface area contributed by atoms with E-state index in [0.717, 1.165) is 18.6 Å². The van der Waals surface area contributed by atoms with Gasteiger partial charge in [-0.05, 0) is 55.4 Å². The Morgan fingerprint density at radius 1 is 1.43 bits per heavy atom. The minimum Gasteiger partial charge on any atom is -0.465 e.